The van der Waals surface area contributed by atoms with Crippen molar-refractivity contribution in [2.45, 2.75) is 124 Å². The van der Waals surface area contributed by atoms with Gasteiger partial charge in [-0.25, -0.2) is 0 Å². The molecule has 0 aliphatic rings. The van der Waals surface area contributed by atoms with E-state index in [1.807, 2.05) is 0 Å². The highest BCUT2D eigenvalue weighted by atomic mass is 16.1. The van der Waals surface area contributed by atoms with Gasteiger partial charge in [0.05, 0.1) is 5.41 Å². The van der Waals surface area contributed by atoms with Crippen LogP contribution in [0, 0.1) is 5.41 Å². The predicted octanol–water partition coefficient (Wildman–Crippen LogP) is 6.30. The summed E-state index contributed by atoms with van der Waals surface area (Å²) in [5.74, 6) is -0.0431. The zero-order chi connectivity index (χ0) is 19.8. The Morgan fingerprint density at radius 1 is 0.769 bits per heavy atom. The third-order valence-electron chi connectivity index (χ3n) is 5.95. The monoisotopic (exact) mass is 368 g/mol. The maximum absolute atomic E-state index is 12.9. The van der Waals surface area contributed by atoms with Gasteiger partial charge in [-0.1, -0.05) is 86.0 Å². The van der Waals surface area contributed by atoms with Gasteiger partial charge in [-0.15, -0.1) is 0 Å². The molecule has 3 nitrogen and oxygen atoms in total. The molecule has 0 aliphatic heterocycles. The molecule has 1 atom stereocenters. The summed E-state index contributed by atoms with van der Waals surface area (Å²) in [4.78, 5) is 15.5. The SMILES string of the molecule is CCCCC(N(CCCC)CCCC)C(CCCC)(CCCC)C(N)=O. The van der Waals surface area contributed by atoms with E-state index in [9.17, 15) is 4.79 Å². The Balaban J connectivity index is 5.80. The van der Waals surface area contributed by atoms with Crippen LogP contribution in [0.25, 0.3) is 0 Å². The van der Waals surface area contributed by atoms with Gasteiger partial charge in [-0.3, -0.25) is 9.69 Å². The molecule has 0 aromatic rings. The summed E-state index contributed by atoms with van der Waals surface area (Å²) in [6.45, 7) is 13.4. The molecule has 0 aromatic heterocycles. The van der Waals surface area contributed by atoms with Crippen LogP contribution in [0.3, 0.4) is 0 Å². The summed E-state index contributed by atoms with van der Waals surface area (Å²) in [5.41, 5.74) is 5.81. The number of hydrogen-bond donors (Lipinski definition) is 1. The first kappa shape index (κ1) is 25.4. The third kappa shape index (κ3) is 8.41. The lowest BCUT2D eigenvalue weighted by Gasteiger charge is -2.45. The molecule has 0 fully saturated rings. The van der Waals surface area contributed by atoms with Crippen molar-refractivity contribution in [3.8, 4) is 0 Å². The average molecular weight is 369 g/mol. The minimum atomic E-state index is -0.345. The molecule has 0 radical (unpaired) electrons. The van der Waals surface area contributed by atoms with E-state index in [-0.39, 0.29) is 11.3 Å². The lowest BCUT2D eigenvalue weighted by molar-refractivity contribution is -0.134. The van der Waals surface area contributed by atoms with Crippen LogP contribution in [0.1, 0.15) is 118 Å². The standard InChI is InChI=1S/C23H48N2O/c1-6-11-16-21(25(19-14-9-4)20-15-10-5)23(22(24)26,17-12-7-2)18-13-8-3/h21H,6-20H2,1-5H3,(H2,24,26). The van der Waals surface area contributed by atoms with Crippen LogP contribution in [-0.4, -0.2) is 29.9 Å². The Kier molecular flexibility index (Phi) is 15.1. The summed E-state index contributed by atoms with van der Waals surface area (Å²) in [6.07, 6.45) is 14.7. The maximum atomic E-state index is 12.9. The molecule has 0 saturated carbocycles. The average Bonchev–Trinajstić information content (AvgIpc) is 2.64. The highest BCUT2D eigenvalue weighted by Gasteiger charge is 2.45. The summed E-state index contributed by atoms with van der Waals surface area (Å²) in [5, 5.41) is 0. The van der Waals surface area contributed by atoms with E-state index in [1.165, 1.54) is 38.5 Å². The zero-order valence-corrected chi connectivity index (χ0v) is 18.6. The molecule has 0 heterocycles. The summed E-state index contributed by atoms with van der Waals surface area (Å²) < 4.78 is 0. The number of carbonyl (C=O) groups is 1. The Hall–Kier alpha value is -0.570. The van der Waals surface area contributed by atoms with Crippen molar-refractivity contribution in [1.29, 1.82) is 0 Å². The highest BCUT2D eigenvalue weighted by Crippen LogP contribution is 2.40. The number of amides is 1. The molecule has 1 unspecified atom stereocenters. The molecule has 0 aliphatic carbocycles. The van der Waals surface area contributed by atoms with Gasteiger partial charge in [0.15, 0.2) is 0 Å². The lowest BCUT2D eigenvalue weighted by Crippen LogP contribution is -2.55. The first-order chi connectivity index (χ1) is 12.5. The summed E-state index contributed by atoms with van der Waals surface area (Å²) in [7, 11) is 0. The highest BCUT2D eigenvalue weighted by molar-refractivity contribution is 5.81. The second-order valence-electron chi connectivity index (χ2n) is 8.13. The van der Waals surface area contributed by atoms with E-state index in [0.717, 1.165) is 58.0 Å². The van der Waals surface area contributed by atoms with Crippen LogP contribution in [0.5, 0.6) is 0 Å². The second-order valence-corrected chi connectivity index (χ2v) is 8.13. The lowest BCUT2D eigenvalue weighted by atomic mass is 9.69. The van der Waals surface area contributed by atoms with Crippen molar-refractivity contribution >= 4 is 5.91 Å². The third-order valence-corrected chi connectivity index (χ3v) is 5.95. The van der Waals surface area contributed by atoms with Crippen molar-refractivity contribution in [1.82, 2.24) is 4.90 Å². The van der Waals surface area contributed by atoms with Gasteiger partial charge in [0.1, 0.15) is 0 Å². The first-order valence-electron chi connectivity index (χ1n) is 11.6. The minimum Gasteiger partial charge on any atom is -0.369 e. The molecule has 0 rings (SSSR count). The molecular formula is C23H48N2O. The number of carbonyl (C=O) groups excluding carboxylic acids is 1. The largest absolute Gasteiger partial charge is 0.369 e. The Labute approximate surface area is 164 Å². The molecule has 0 bridgehead atoms. The van der Waals surface area contributed by atoms with Crippen LogP contribution < -0.4 is 5.73 Å². The van der Waals surface area contributed by atoms with Crippen LogP contribution in [0.2, 0.25) is 0 Å². The smallest absolute Gasteiger partial charge is 0.225 e. The van der Waals surface area contributed by atoms with Crippen LogP contribution in [0.4, 0.5) is 0 Å². The molecule has 2 N–H and O–H groups in total. The number of nitrogens with two attached hydrogens (primary N) is 1. The van der Waals surface area contributed by atoms with Gasteiger partial charge >= 0.3 is 0 Å². The van der Waals surface area contributed by atoms with Gasteiger partial charge in [0.2, 0.25) is 5.91 Å². The van der Waals surface area contributed by atoms with Crippen LogP contribution in [-0.2, 0) is 4.79 Å². The molecular weight excluding hydrogens is 320 g/mol. The summed E-state index contributed by atoms with van der Waals surface area (Å²) >= 11 is 0. The number of nitrogens with zero attached hydrogens (tertiary/aromatic N) is 1. The number of hydrogen-bond acceptors (Lipinski definition) is 2. The van der Waals surface area contributed by atoms with E-state index >= 15 is 0 Å². The van der Waals surface area contributed by atoms with Crippen molar-refractivity contribution in [2.75, 3.05) is 13.1 Å². The van der Waals surface area contributed by atoms with E-state index in [4.69, 9.17) is 5.73 Å². The fraction of sp³-hybridized carbons (Fsp3) is 0.957. The Morgan fingerprint density at radius 3 is 1.54 bits per heavy atom. The molecule has 26 heavy (non-hydrogen) atoms. The predicted molar refractivity (Wildman–Crippen MR) is 115 cm³/mol. The fourth-order valence-electron chi connectivity index (χ4n) is 4.21. The van der Waals surface area contributed by atoms with Crippen molar-refractivity contribution in [2.24, 2.45) is 11.1 Å². The van der Waals surface area contributed by atoms with Gasteiger partial charge in [-0.05, 0) is 45.2 Å². The van der Waals surface area contributed by atoms with Crippen LogP contribution >= 0.6 is 0 Å². The van der Waals surface area contributed by atoms with Gasteiger partial charge in [0.25, 0.3) is 0 Å². The number of primary amides is 1. The fourth-order valence-corrected chi connectivity index (χ4v) is 4.21. The zero-order valence-electron chi connectivity index (χ0n) is 18.6. The molecule has 0 spiro atoms. The normalized spacial score (nSPS) is 13.3. The topological polar surface area (TPSA) is 46.3 Å². The minimum absolute atomic E-state index is 0.0431. The quantitative estimate of drug-likeness (QED) is 0.308. The van der Waals surface area contributed by atoms with Gasteiger partial charge in [0, 0.05) is 6.04 Å². The molecule has 0 aromatic carbocycles. The van der Waals surface area contributed by atoms with E-state index in [2.05, 4.69) is 39.5 Å². The van der Waals surface area contributed by atoms with Crippen molar-refractivity contribution < 1.29 is 4.79 Å². The van der Waals surface area contributed by atoms with Crippen LogP contribution in [0.15, 0.2) is 0 Å². The van der Waals surface area contributed by atoms with Gasteiger partial charge < -0.3 is 5.73 Å². The maximum Gasteiger partial charge on any atom is 0.225 e. The van der Waals surface area contributed by atoms with E-state index < -0.39 is 0 Å². The number of unbranched alkanes of at least 4 members (excludes halogenated alkanes) is 5. The summed E-state index contributed by atoms with van der Waals surface area (Å²) in [6, 6.07) is 0.316. The van der Waals surface area contributed by atoms with E-state index in [0.29, 0.717) is 6.04 Å². The second kappa shape index (κ2) is 15.5. The van der Waals surface area contributed by atoms with E-state index in [1.54, 1.807) is 0 Å². The van der Waals surface area contributed by atoms with Gasteiger partial charge in [-0.2, -0.15) is 0 Å². The molecule has 0 saturated heterocycles. The molecule has 1 amide bonds. The molecule has 156 valence electrons. The molecule has 3 heteroatoms. The first-order valence-corrected chi connectivity index (χ1v) is 11.6. The Bertz CT molecular complexity index is 327. The van der Waals surface area contributed by atoms with Crippen molar-refractivity contribution in [3.63, 3.8) is 0 Å². The number of rotatable bonds is 18. The van der Waals surface area contributed by atoms with Crippen molar-refractivity contribution in [3.05, 3.63) is 0 Å². The Morgan fingerprint density at radius 2 is 1.19 bits per heavy atom.